The molecular formula is C14H20FNO. The zero-order chi connectivity index (χ0) is 12.3. The van der Waals surface area contributed by atoms with Gasteiger partial charge in [-0.1, -0.05) is 19.1 Å². The summed E-state index contributed by atoms with van der Waals surface area (Å²) in [6, 6.07) is 5.55. The van der Waals surface area contributed by atoms with Crippen molar-refractivity contribution in [3.05, 3.63) is 35.1 Å². The summed E-state index contributed by atoms with van der Waals surface area (Å²) in [5, 5.41) is 3.38. The minimum Gasteiger partial charge on any atom is -0.381 e. The third-order valence-electron chi connectivity index (χ3n) is 3.35. The lowest BCUT2D eigenvalue weighted by atomic mass is 9.91. The van der Waals surface area contributed by atoms with E-state index in [0.717, 1.165) is 37.3 Å². The van der Waals surface area contributed by atoms with Gasteiger partial charge in [-0.15, -0.1) is 0 Å². The first-order valence-electron chi connectivity index (χ1n) is 6.29. The Kier molecular flexibility index (Phi) is 4.13. The van der Waals surface area contributed by atoms with Crippen LogP contribution < -0.4 is 5.32 Å². The van der Waals surface area contributed by atoms with Crippen molar-refractivity contribution in [3.63, 3.8) is 0 Å². The molecular weight excluding hydrogens is 217 g/mol. The molecule has 2 nitrogen and oxygen atoms in total. The van der Waals surface area contributed by atoms with Crippen molar-refractivity contribution in [3.8, 4) is 0 Å². The second kappa shape index (κ2) is 5.61. The molecule has 0 bridgehead atoms. The number of nitrogens with one attached hydrogen (secondary N) is 1. The molecule has 0 radical (unpaired) electrons. The molecule has 17 heavy (non-hydrogen) atoms. The van der Waals surface area contributed by atoms with Crippen LogP contribution >= 0.6 is 0 Å². The zero-order valence-corrected chi connectivity index (χ0v) is 10.5. The summed E-state index contributed by atoms with van der Waals surface area (Å²) in [5.41, 5.74) is 1.73. The van der Waals surface area contributed by atoms with E-state index < -0.39 is 0 Å². The Balaban J connectivity index is 2.24. The molecule has 0 aromatic heterocycles. The topological polar surface area (TPSA) is 21.3 Å². The minimum atomic E-state index is -0.108. The number of hydrogen-bond donors (Lipinski definition) is 1. The molecule has 0 saturated carbocycles. The number of halogens is 1. The summed E-state index contributed by atoms with van der Waals surface area (Å²) in [5.74, 6) is 0.273. The molecule has 1 aliphatic rings. The molecule has 1 saturated heterocycles. The molecule has 0 spiro atoms. The van der Waals surface area contributed by atoms with Crippen LogP contribution in [0.5, 0.6) is 0 Å². The van der Waals surface area contributed by atoms with E-state index >= 15 is 0 Å². The Labute approximate surface area is 102 Å². The second-order valence-electron chi connectivity index (χ2n) is 4.68. The average molecular weight is 237 g/mol. The van der Waals surface area contributed by atoms with Crippen LogP contribution in [0, 0.1) is 18.7 Å². The number of ether oxygens (including phenoxy) is 1. The van der Waals surface area contributed by atoms with Crippen LogP contribution in [0.25, 0.3) is 0 Å². The van der Waals surface area contributed by atoms with Gasteiger partial charge in [0.1, 0.15) is 5.82 Å². The number of hydrogen-bond acceptors (Lipinski definition) is 2. The van der Waals surface area contributed by atoms with Crippen molar-refractivity contribution in [2.75, 3.05) is 19.8 Å². The maximum atomic E-state index is 14.0. The van der Waals surface area contributed by atoms with Gasteiger partial charge in [0.25, 0.3) is 0 Å². The van der Waals surface area contributed by atoms with Gasteiger partial charge in [0.15, 0.2) is 0 Å². The van der Waals surface area contributed by atoms with Gasteiger partial charge >= 0.3 is 0 Å². The van der Waals surface area contributed by atoms with Crippen LogP contribution in [-0.2, 0) is 4.74 Å². The fourth-order valence-corrected chi connectivity index (χ4v) is 2.45. The summed E-state index contributed by atoms with van der Waals surface area (Å²) in [7, 11) is 0. The molecule has 0 amide bonds. The Morgan fingerprint density at radius 2 is 2.35 bits per heavy atom. The molecule has 94 valence electrons. The van der Waals surface area contributed by atoms with E-state index in [1.165, 1.54) is 0 Å². The summed E-state index contributed by atoms with van der Waals surface area (Å²) < 4.78 is 19.4. The van der Waals surface area contributed by atoms with E-state index in [0.29, 0.717) is 5.92 Å². The Hall–Kier alpha value is -0.930. The molecule has 1 fully saturated rings. The molecule has 3 heteroatoms. The monoisotopic (exact) mass is 237 g/mol. The second-order valence-corrected chi connectivity index (χ2v) is 4.68. The van der Waals surface area contributed by atoms with Crippen molar-refractivity contribution in [1.29, 1.82) is 0 Å². The van der Waals surface area contributed by atoms with Crippen LogP contribution in [0.15, 0.2) is 18.2 Å². The van der Waals surface area contributed by atoms with E-state index in [4.69, 9.17) is 4.74 Å². The summed E-state index contributed by atoms with van der Waals surface area (Å²) >= 11 is 0. The molecule has 0 aliphatic carbocycles. The van der Waals surface area contributed by atoms with Crippen molar-refractivity contribution < 1.29 is 9.13 Å². The van der Waals surface area contributed by atoms with Crippen molar-refractivity contribution in [2.24, 2.45) is 5.92 Å². The van der Waals surface area contributed by atoms with Gasteiger partial charge in [-0.25, -0.2) is 4.39 Å². The number of benzene rings is 1. The van der Waals surface area contributed by atoms with Crippen molar-refractivity contribution >= 4 is 0 Å². The van der Waals surface area contributed by atoms with Crippen LogP contribution in [0.4, 0.5) is 4.39 Å². The lowest BCUT2D eigenvalue weighted by molar-refractivity contribution is 0.176. The zero-order valence-electron chi connectivity index (χ0n) is 10.5. The first kappa shape index (κ1) is 12.5. The fraction of sp³-hybridized carbons (Fsp3) is 0.571. The highest BCUT2D eigenvalue weighted by Gasteiger charge is 2.28. The molecule has 2 atom stereocenters. The highest BCUT2D eigenvalue weighted by atomic mass is 19.1. The first-order valence-corrected chi connectivity index (χ1v) is 6.29. The van der Waals surface area contributed by atoms with Crippen LogP contribution in [-0.4, -0.2) is 19.8 Å². The Morgan fingerprint density at radius 1 is 1.53 bits per heavy atom. The standard InChI is InChI=1S/C14H20FNO/c1-3-16-14(11-6-7-17-9-11)12-5-4-10(2)8-13(12)15/h4-5,8,11,14,16H,3,6-7,9H2,1-2H3. The third-order valence-corrected chi connectivity index (χ3v) is 3.35. The molecule has 2 unspecified atom stereocenters. The molecule has 1 aliphatic heterocycles. The summed E-state index contributed by atoms with van der Waals surface area (Å²) in [4.78, 5) is 0. The lowest BCUT2D eigenvalue weighted by Crippen LogP contribution is -2.29. The highest BCUT2D eigenvalue weighted by molar-refractivity contribution is 5.26. The maximum absolute atomic E-state index is 14.0. The third kappa shape index (κ3) is 2.85. The minimum absolute atomic E-state index is 0.0723. The summed E-state index contributed by atoms with van der Waals surface area (Å²) in [6.07, 6.45) is 1.00. The van der Waals surface area contributed by atoms with E-state index in [2.05, 4.69) is 12.2 Å². The molecule has 1 aromatic rings. The summed E-state index contributed by atoms with van der Waals surface area (Å²) in [6.45, 7) is 6.32. The highest BCUT2D eigenvalue weighted by Crippen LogP contribution is 2.30. The quantitative estimate of drug-likeness (QED) is 0.869. The van der Waals surface area contributed by atoms with E-state index in [-0.39, 0.29) is 11.9 Å². The smallest absolute Gasteiger partial charge is 0.128 e. The average Bonchev–Trinajstić information content (AvgIpc) is 2.80. The molecule has 2 rings (SSSR count). The lowest BCUT2D eigenvalue weighted by Gasteiger charge is -2.24. The Bertz CT molecular complexity index is 374. The molecule has 1 aromatic carbocycles. The Morgan fingerprint density at radius 3 is 2.94 bits per heavy atom. The first-order chi connectivity index (χ1) is 8.22. The van der Waals surface area contributed by atoms with E-state index in [1.807, 2.05) is 19.1 Å². The van der Waals surface area contributed by atoms with Gasteiger partial charge in [-0.05, 0) is 31.5 Å². The fourth-order valence-electron chi connectivity index (χ4n) is 2.45. The largest absolute Gasteiger partial charge is 0.381 e. The number of rotatable bonds is 4. The van der Waals surface area contributed by atoms with E-state index in [1.54, 1.807) is 6.07 Å². The van der Waals surface area contributed by atoms with Gasteiger partial charge in [0, 0.05) is 24.1 Å². The van der Waals surface area contributed by atoms with Crippen LogP contribution in [0.1, 0.15) is 30.5 Å². The van der Waals surface area contributed by atoms with Gasteiger partial charge in [-0.2, -0.15) is 0 Å². The van der Waals surface area contributed by atoms with Gasteiger partial charge < -0.3 is 10.1 Å². The molecule has 1 N–H and O–H groups in total. The van der Waals surface area contributed by atoms with Gasteiger partial charge in [0.05, 0.1) is 6.61 Å². The van der Waals surface area contributed by atoms with Crippen molar-refractivity contribution in [2.45, 2.75) is 26.3 Å². The SMILES string of the molecule is CCNC(c1ccc(C)cc1F)C1CCOC1. The maximum Gasteiger partial charge on any atom is 0.128 e. The molecule has 1 heterocycles. The predicted octanol–water partition coefficient (Wildman–Crippen LogP) is 2.82. The number of aryl methyl sites for hydroxylation is 1. The van der Waals surface area contributed by atoms with Crippen LogP contribution in [0.3, 0.4) is 0 Å². The van der Waals surface area contributed by atoms with Crippen LogP contribution in [0.2, 0.25) is 0 Å². The van der Waals surface area contributed by atoms with E-state index in [9.17, 15) is 4.39 Å². The van der Waals surface area contributed by atoms with Gasteiger partial charge in [0.2, 0.25) is 0 Å². The van der Waals surface area contributed by atoms with Crippen molar-refractivity contribution in [1.82, 2.24) is 5.32 Å². The normalized spacial score (nSPS) is 21.7. The predicted molar refractivity (Wildman–Crippen MR) is 66.5 cm³/mol. The van der Waals surface area contributed by atoms with Gasteiger partial charge in [-0.3, -0.25) is 0 Å².